The summed E-state index contributed by atoms with van der Waals surface area (Å²) in [6.45, 7) is 9.36. The van der Waals surface area contributed by atoms with E-state index < -0.39 is 0 Å². The first kappa shape index (κ1) is 14.4. The van der Waals surface area contributed by atoms with Crippen molar-refractivity contribution in [3.05, 3.63) is 33.8 Å². The first-order valence-electron chi connectivity index (χ1n) is 6.37. The zero-order chi connectivity index (χ0) is 14.2. The molecule has 102 valence electrons. The minimum absolute atomic E-state index is 0.00958. The smallest absolute Gasteiger partial charge is 0.130 e. The number of aromatic nitrogens is 1. The lowest BCUT2D eigenvalue weighted by molar-refractivity contribution is 0.590. The average Bonchev–Trinajstić information content (AvgIpc) is 2.33. The van der Waals surface area contributed by atoms with E-state index in [-0.39, 0.29) is 5.41 Å². The number of nitrogens with one attached hydrogen (secondary N) is 1. The maximum absolute atomic E-state index is 6.26. The highest BCUT2D eigenvalue weighted by Crippen LogP contribution is 2.36. The molecule has 0 aliphatic carbocycles. The van der Waals surface area contributed by atoms with Gasteiger partial charge in [0.25, 0.3) is 0 Å². The first-order valence-corrected chi connectivity index (χ1v) is 7.13. The number of hydrogen-bond donors (Lipinski definition) is 1. The van der Waals surface area contributed by atoms with Gasteiger partial charge in [-0.25, -0.2) is 4.98 Å². The van der Waals surface area contributed by atoms with Crippen molar-refractivity contribution in [3.63, 3.8) is 0 Å². The standard InChI is InChI=1S/C15H18Cl2N2/c1-5-18-14-10(15(2,3)4)8-9-11(16)6-7-12(17)13(9)19-14/h6-8H,5H2,1-4H3,(H,18,19). The van der Waals surface area contributed by atoms with Gasteiger partial charge in [-0.05, 0) is 30.5 Å². The van der Waals surface area contributed by atoms with E-state index in [0.717, 1.165) is 28.8 Å². The van der Waals surface area contributed by atoms with E-state index in [1.807, 2.05) is 6.07 Å². The molecule has 0 aliphatic rings. The van der Waals surface area contributed by atoms with Crippen LogP contribution in [0.25, 0.3) is 10.9 Å². The second-order valence-electron chi connectivity index (χ2n) is 5.59. The van der Waals surface area contributed by atoms with E-state index >= 15 is 0 Å². The molecule has 4 heteroatoms. The summed E-state index contributed by atoms with van der Waals surface area (Å²) in [5, 5.41) is 5.52. The number of fused-ring (bicyclic) bond motifs is 1. The molecule has 2 aromatic rings. The number of anilines is 1. The van der Waals surface area contributed by atoms with Gasteiger partial charge < -0.3 is 5.32 Å². The highest BCUT2D eigenvalue weighted by Gasteiger charge is 2.21. The third kappa shape index (κ3) is 2.80. The number of hydrogen-bond acceptors (Lipinski definition) is 2. The van der Waals surface area contributed by atoms with Gasteiger partial charge in [-0.3, -0.25) is 0 Å². The molecule has 0 amide bonds. The molecule has 0 aliphatic heterocycles. The van der Waals surface area contributed by atoms with Gasteiger partial charge in [0.2, 0.25) is 0 Å². The van der Waals surface area contributed by atoms with Crippen LogP contribution < -0.4 is 5.32 Å². The summed E-state index contributed by atoms with van der Waals surface area (Å²) in [7, 11) is 0. The van der Waals surface area contributed by atoms with Crippen molar-refractivity contribution in [1.82, 2.24) is 4.98 Å². The maximum atomic E-state index is 6.26. The molecule has 1 aromatic heterocycles. The van der Waals surface area contributed by atoms with Crippen molar-refractivity contribution < 1.29 is 0 Å². The minimum Gasteiger partial charge on any atom is -0.370 e. The second kappa shape index (κ2) is 5.18. The second-order valence-corrected chi connectivity index (χ2v) is 6.40. The summed E-state index contributed by atoms with van der Waals surface area (Å²) < 4.78 is 0. The molecule has 1 heterocycles. The van der Waals surface area contributed by atoms with Crippen molar-refractivity contribution in [3.8, 4) is 0 Å². The molecule has 0 saturated heterocycles. The lowest BCUT2D eigenvalue weighted by Crippen LogP contribution is -2.16. The predicted octanol–water partition coefficient (Wildman–Crippen LogP) is 5.27. The normalized spacial score (nSPS) is 11.9. The summed E-state index contributed by atoms with van der Waals surface area (Å²) in [6.07, 6.45) is 0. The van der Waals surface area contributed by atoms with Crippen molar-refractivity contribution in [2.45, 2.75) is 33.1 Å². The zero-order valence-electron chi connectivity index (χ0n) is 11.6. The third-order valence-corrected chi connectivity index (χ3v) is 3.67. The molecule has 0 radical (unpaired) electrons. The van der Waals surface area contributed by atoms with Crippen molar-refractivity contribution in [2.75, 3.05) is 11.9 Å². The van der Waals surface area contributed by atoms with Gasteiger partial charge in [0.05, 0.1) is 15.6 Å². The van der Waals surface area contributed by atoms with E-state index in [1.54, 1.807) is 6.07 Å². The van der Waals surface area contributed by atoms with Crippen LogP contribution >= 0.6 is 23.2 Å². The molecule has 0 saturated carbocycles. The fraction of sp³-hybridized carbons (Fsp3) is 0.400. The van der Waals surface area contributed by atoms with Gasteiger partial charge in [-0.2, -0.15) is 0 Å². The highest BCUT2D eigenvalue weighted by atomic mass is 35.5. The molecule has 0 fully saturated rings. The van der Waals surface area contributed by atoms with Gasteiger partial charge in [0.15, 0.2) is 0 Å². The Morgan fingerprint density at radius 2 is 1.79 bits per heavy atom. The summed E-state index contributed by atoms with van der Waals surface area (Å²) in [4.78, 5) is 4.66. The van der Waals surface area contributed by atoms with Crippen LogP contribution in [-0.2, 0) is 5.41 Å². The van der Waals surface area contributed by atoms with Crippen LogP contribution in [-0.4, -0.2) is 11.5 Å². The molecule has 19 heavy (non-hydrogen) atoms. The van der Waals surface area contributed by atoms with Crippen LogP contribution in [0.1, 0.15) is 33.3 Å². The Labute approximate surface area is 124 Å². The predicted molar refractivity (Wildman–Crippen MR) is 84.6 cm³/mol. The Morgan fingerprint density at radius 3 is 2.37 bits per heavy atom. The van der Waals surface area contributed by atoms with Crippen LogP contribution in [0.4, 0.5) is 5.82 Å². The number of nitrogens with zero attached hydrogens (tertiary/aromatic N) is 1. The molecule has 0 spiro atoms. The van der Waals surface area contributed by atoms with Crippen LogP contribution in [0.2, 0.25) is 10.0 Å². The monoisotopic (exact) mass is 296 g/mol. The van der Waals surface area contributed by atoms with Crippen molar-refractivity contribution >= 4 is 39.9 Å². The maximum Gasteiger partial charge on any atom is 0.130 e. The third-order valence-electron chi connectivity index (χ3n) is 3.03. The molecule has 1 N–H and O–H groups in total. The van der Waals surface area contributed by atoms with Gasteiger partial charge in [-0.1, -0.05) is 44.0 Å². The van der Waals surface area contributed by atoms with E-state index in [0.29, 0.717) is 10.0 Å². The van der Waals surface area contributed by atoms with E-state index in [4.69, 9.17) is 23.2 Å². The van der Waals surface area contributed by atoms with Gasteiger partial charge in [-0.15, -0.1) is 0 Å². The fourth-order valence-corrected chi connectivity index (χ4v) is 2.48. The van der Waals surface area contributed by atoms with Gasteiger partial charge >= 0.3 is 0 Å². The molecule has 1 aromatic carbocycles. The number of halogens is 2. The zero-order valence-corrected chi connectivity index (χ0v) is 13.2. The SMILES string of the molecule is CCNc1nc2c(Cl)ccc(Cl)c2cc1C(C)(C)C. The molecule has 0 bridgehead atoms. The molecule has 0 atom stereocenters. The topological polar surface area (TPSA) is 24.9 Å². The quantitative estimate of drug-likeness (QED) is 0.816. The summed E-state index contributed by atoms with van der Waals surface area (Å²) in [5.74, 6) is 0.881. The Hall–Kier alpha value is -0.990. The van der Waals surface area contributed by atoms with Gasteiger partial charge in [0, 0.05) is 17.5 Å². The fourth-order valence-electron chi connectivity index (χ4n) is 2.07. The van der Waals surface area contributed by atoms with Crippen LogP contribution in [0, 0.1) is 0 Å². The molecule has 2 nitrogen and oxygen atoms in total. The van der Waals surface area contributed by atoms with Crippen LogP contribution in [0.15, 0.2) is 18.2 Å². The summed E-state index contributed by atoms with van der Waals surface area (Å²) in [5.41, 5.74) is 1.88. The number of benzene rings is 1. The van der Waals surface area contributed by atoms with Crippen LogP contribution in [0.3, 0.4) is 0 Å². The van der Waals surface area contributed by atoms with E-state index in [1.165, 1.54) is 0 Å². The largest absolute Gasteiger partial charge is 0.370 e. The van der Waals surface area contributed by atoms with Crippen molar-refractivity contribution in [1.29, 1.82) is 0 Å². The average molecular weight is 297 g/mol. The highest BCUT2D eigenvalue weighted by molar-refractivity contribution is 6.39. The Bertz CT molecular complexity index is 616. The van der Waals surface area contributed by atoms with Gasteiger partial charge in [0.1, 0.15) is 5.82 Å². The summed E-state index contributed by atoms with van der Waals surface area (Å²) in [6, 6.07) is 5.69. The summed E-state index contributed by atoms with van der Waals surface area (Å²) >= 11 is 12.5. The number of rotatable bonds is 2. The molecular formula is C15H18Cl2N2. The Balaban J connectivity index is 2.80. The molecule has 0 unspecified atom stereocenters. The Morgan fingerprint density at radius 1 is 1.16 bits per heavy atom. The van der Waals surface area contributed by atoms with E-state index in [2.05, 4.69) is 44.1 Å². The lowest BCUT2D eigenvalue weighted by Gasteiger charge is -2.23. The Kier molecular flexibility index (Phi) is 3.93. The first-order chi connectivity index (χ1) is 8.84. The molecular weight excluding hydrogens is 279 g/mol. The van der Waals surface area contributed by atoms with Crippen LogP contribution in [0.5, 0.6) is 0 Å². The number of pyridine rings is 1. The minimum atomic E-state index is -0.00958. The van der Waals surface area contributed by atoms with E-state index in [9.17, 15) is 0 Å². The molecule has 2 rings (SSSR count). The lowest BCUT2D eigenvalue weighted by atomic mass is 9.86. The van der Waals surface area contributed by atoms with Crippen molar-refractivity contribution in [2.24, 2.45) is 0 Å².